The minimum absolute atomic E-state index is 0.230. The number of amides is 1. The van der Waals surface area contributed by atoms with Crippen LogP contribution < -0.4 is 5.43 Å². The molecule has 2 rings (SSSR count). The minimum Gasteiger partial charge on any atom is -0.298 e. The molecule has 0 radical (unpaired) electrons. The van der Waals surface area contributed by atoms with Crippen LogP contribution in [0.4, 0.5) is 0 Å². The van der Waals surface area contributed by atoms with Crippen molar-refractivity contribution >= 4 is 28.1 Å². The number of benzene rings is 1. The quantitative estimate of drug-likeness (QED) is 0.884. The Balaban J connectivity index is 2.32. The van der Waals surface area contributed by atoms with Gasteiger partial charge >= 0.3 is 0 Å². The molecule has 0 unspecified atom stereocenters. The van der Waals surface area contributed by atoms with E-state index in [9.17, 15) is 9.59 Å². The molecule has 1 heterocycles. The summed E-state index contributed by atoms with van der Waals surface area (Å²) in [7, 11) is 0. The molecule has 0 aliphatic heterocycles. The lowest BCUT2D eigenvalue weighted by atomic mass is 10.2. The highest BCUT2D eigenvalue weighted by Crippen LogP contribution is 2.17. The zero-order valence-electron chi connectivity index (χ0n) is 10.6. The molecule has 0 saturated heterocycles. The van der Waals surface area contributed by atoms with Crippen LogP contribution in [0, 0.1) is 13.8 Å². The molecule has 0 aliphatic carbocycles. The van der Waals surface area contributed by atoms with E-state index in [-0.39, 0.29) is 5.91 Å². The van der Waals surface area contributed by atoms with E-state index in [0.29, 0.717) is 16.8 Å². The number of rotatable bonds is 3. The molecule has 5 heteroatoms. The zero-order chi connectivity index (χ0) is 14.0. The fourth-order valence-corrected chi connectivity index (χ4v) is 2.35. The van der Waals surface area contributed by atoms with Crippen LogP contribution >= 0.6 is 15.9 Å². The first-order valence-electron chi connectivity index (χ1n) is 5.74. The average molecular weight is 321 g/mol. The molecule has 1 aromatic carbocycles. The number of halogens is 1. The topological polar surface area (TPSA) is 51.1 Å². The van der Waals surface area contributed by atoms with Gasteiger partial charge in [-0.15, -0.1) is 0 Å². The van der Waals surface area contributed by atoms with Crippen LogP contribution in [0.25, 0.3) is 0 Å². The van der Waals surface area contributed by atoms with Crippen molar-refractivity contribution in [2.24, 2.45) is 0 Å². The normalized spacial score (nSPS) is 10.3. The highest BCUT2D eigenvalue weighted by atomic mass is 79.9. The first-order chi connectivity index (χ1) is 9.04. The van der Waals surface area contributed by atoms with Crippen LogP contribution in [0.3, 0.4) is 0 Å². The Labute approximate surface area is 119 Å². The maximum absolute atomic E-state index is 12.2. The van der Waals surface area contributed by atoms with Crippen molar-refractivity contribution in [1.82, 2.24) is 4.68 Å². The molecular weight excluding hydrogens is 308 g/mol. The lowest BCUT2D eigenvalue weighted by Crippen LogP contribution is -2.25. The Morgan fingerprint density at radius 1 is 1.32 bits per heavy atom. The molecule has 1 amide bonds. The SMILES string of the molecule is Cc1cc(C=O)c(C)n1NC(=O)c1ccccc1Br. The fraction of sp³-hybridized carbons (Fsp3) is 0.143. The Morgan fingerprint density at radius 2 is 2.00 bits per heavy atom. The van der Waals surface area contributed by atoms with Gasteiger partial charge in [-0.3, -0.25) is 19.7 Å². The van der Waals surface area contributed by atoms with Crippen molar-refractivity contribution in [3.8, 4) is 0 Å². The molecule has 4 nitrogen and oxygen atoms in total. The molecule has 0 fully saturated rings. The van der Waals surface area contributed by atoms with Crippen molar-refractivity contribution in [2.45, 2.75) is 13.8 Å². The van der Waals surface area contributed by atoms with Crippen LogP contribution in [0.1, 0.15) is 32.1 Å². The predicted molar refractivity (Wildman–Crippen MR) is 77.1 cm³/mol. The van der Waals surface area contributed by atoms with Gasteiger partial charge in [0, 0.05) is 21.4 Å². The maximum Gasteiger partial charge on any atom is 0.271 e. The summed E-state index contributed by atoms with van der Waals surface area (Å²) in [5, 5.41) is 0. The van der Waals surface area contributed by atoms with Gasteiger partial charge < -0.3 is 0 Å². The molecular formula is C14H13BrN2O2. The summed E-state index contributed by atoms with van der Waals surface area (Å²) < 4.78 is 2.34. The third-order valence-corrected chi connectivity index (χ3v) is 3.62. The van der Waals surface area contributed by atoms with Crippen molar-refractivity contribution < 1.29 is 9.59 Å². The maximum atomic E-state index is 12.2. The number of aryl methyl sites for hydroxylation is 1. The third-order valence-electron chi connectivity index (χ3n) is 2.93. The summed E-state index contributed by atoms with van der Waals surface area (Å²) in [5.41, 5.74) is 5.42. The number of carbonyl (C=O) groups excluding carboxylic acids is 2. The van der Waals surface area contributed by atoms with Crippen LogP contribution in [-0.4, -0.2) is 16.9 Å². The molecule has 0 spiro atoms. The number of aromatic nitrogens is 1. The van der Waals surface area contributed by atoms with E-state index in [1.54, 1.807) is 35.9 Å². The van der Waals surface area contributed by atoms with Crippen molar-refractivity contribution in [2.75, 3.05) is 5.43 Å². The van der Waals surface area contributed by atoms with Crippen LogP contribution in [-0.2, 0) is 0 Å². The highest BCUT2D eigenvalue weighted by Gasteiger charge is 2.13. The summed E-state index contributed by atoms with van der Waals surface area (Å²) in [6, 6.07) is 8.92. The molecule has 2 aromatic rings. The summed E-state index contributed by atoms with van der Waals surface area (Å²) in [5.74, 6) is -0.230. The zero-order valence-corrected chi connectivity index (χ0v) is 12.2. The van der Waals surface area contributed by atoms with Gasteiger partial charge in [0.1, 0.15) is 0 Å². The van der Waals surface area contributed by atoms with E-state index in [2.05, 4.69) is 21.4 Å². The van der Waals surface area contributed by atoms with E-state index < -0.39 is 0 Å². The monoisotopic (exact) mass is 320 g/mol. The Kier molecular flexibility index (Phi) is 3.85. The molecule has 0 atom stereocenters. The van der Waals surface area contributed by atoms with Gasteiger partial charge in [0.25, 0.3) is 5.91 Å². The molecule has 1 N–H and O–H groups in total. The Bertz CT molecular complexity index is 647. The van der Waals surface area contributed by atoms with E-state index in [4.69, 9.17) is 0 Å². The number of hydrogen-bond donors (Lipinski definition) is 1. The molecule has 0 bridgehead atoms. The molecule has 1 aromatic heterocycles. The first-order valence-corrected chi connectivity index (χ1v) is 6.54. The summed E-state index contributed by atoms with van der Waals surface area (Å²) >= 11 is 3.34. The average Bonchev–Trinajstić information content (AvgIpc) is 2.66. The van der Waals surface area contributed by atoms with E-state index >= 15 is 0 Å². The van der Waals surface area contributed by atoms with Crippen molar-refractivity contribution in [3.05, 3.63) is 57.3 Å². The van der Waals surface area contributed by atoms with Crippen LogP contribution in [0.15, 0.2) is 34.8 Å². The van der Waals surface area contributed by atoms with Gasteiger partial charge in [-0.1, -0.05) is 12.1 Å². The fourth-order valence-electron chi connectivity index (χ4n) is 1.89. The van der Waals surface area contributed by atoms with Gasteiger partial charge in [0.05, 0.1) is 5.56 Å². The van der Waals surface area contributed by atoms with Gasteiger partial charge in [-0.05, 0) is 48.0 Å². The second kappa shape index (κ2) is 5.40. The van der Waals surface area contributed by atoms with Gasteiger partial charge in [-0.2, -0.15) is 0 Å². The van der Waals surface area contributed by atoms with E-state index in [1.165, 1.54) is 0 Å². The smallest absolute Gasteiger partial charge is 0.271 e. The molecule has 0 saturated carbocycles. The van der Waals surface area contributed by atoms with E-state index in [0.717, 1.165) is 16.5 Å². The standard InChI is InChI=1S/C14H13BrN2O2/c1-9-7-11(8-18)10(2)17(9)16-14(19)12-5-3-4-6-13(12)15/h3-8H,1-2H3,(H,16,19). The number of nitrogens with one attached hydrogen (secondary N) is 1. The predicted octanol–water partition coefficient (Wildman–Crippen LogP) is 3.06. The number of nitrogens with zero attached hydrogens (tertiary/aromatic N) is 1. The van der Waals surface area contributed by atoms with Gasteiger partial charge in [0.2, 0.25) is 0 Å². The molecule has 19 heavy (non-hydrogen) atoms. The van der Waals surface area contributed by atoms with Crippen molar-refractivity contribution in [1.29, 1.82) is 0 Å². The second-order valence-electron chi connectivity index (χ2n) is 4.20. The van der Waals surface area contributed by atoms with E-state index in [1.807, 2.05) is 13.0 Å². The summed E-state index contributed by atoms with van der Waals surface area (Å²) in [6.45, 7) is 3.62. The minimum atomic E-state index is -0.230. The number of hydrogen-bond acceptors (Lipinski definition) is 2. The highest BCUT2D eigenvalue weighted by molar-refractivity contribution is 9.10. The number of aldehydes is 1. The number of carbonyl (C=O) groups is 2. The Hall–Kier alpha value is -1.88. The van der Waals surface area contributed by atoms with Crippen LogP contribution in [0.5, 0.6) is 0 Å². The summed E-state index contributed by atoms with van der Waals surface area (Å²) in [4.78, 5) is 23.1. The largest absolute Gasteiger partial charge is 0.298 e. The first kappa shape index (κ1) is 13.5. The lowest BCUT2D eigenvalue weighted by molar-refractivity contribution is 0.100. The van der Waals surface area contributed by atoms with Crippen molar-refractivity contribution in [3.63, 3.8) is 0 Å². The second-order valence-corrected chi connectivity index (χ2v) is 5.05. The summed E-state index contributed by atoms with van der Waals surface area (Å²) in [6.07, 6.45) is 0.781. The van der Waals surface area contributed by atoms with Gasteiger partial charge in [0.15, 0.2) is 6.29 Å². The molecule has 0 aliphatic rings. The van der Waals surface area contributed by atoms with Crippen LogP contribution in [0.2, 0.25) is 0 Å². The third kappa shape index (κ3) is 2.61. The lowest BCUT2D eigenvalue weighted by Gasteiger charge is -2.12. The van der Waals surface area contributed by atoms with Gasteiger partial charge in [-0.25, -0.2) is 0 Å². The molecule has 98 valence electrons. The Morgan fingerprint density at radius 3 is 2.58 bits per heavy atom.